The minimum absolute atomic E-state index is 0.135. The monoisotopic (exact) mass is 301 g/mol. The topological polar surface area (TPSA) is 57.6 Å². The Morgan fingerprint density at radius 3 is 2.73 bits per heavy atom. The Labute approximate surface area is 131 Å². The Balaban J connectivity index is 1.57. The van der Waals surface area contributed by atoms with E-state index in [-0.39, 0.29) is 11.8 Å². The molecule has 1 aliphatic carbocycles. The highest BCUT2D eigenvalue weighted by Gasteiger charge is 2.29. The van der Waals surface area contributed by atoms with Crippen LogP contribution in [0.2, 0.25) is 0 Å². The quantitative estimate of drug-likeness (QED) is 0.933. The van der Waals surface area contributed by atoms with Gasteiger partial charge in [0.1, 0.15) is 0 Å². The van der Waals surface area contributed by atoms with Crippen molar-refractivity contribution in [1.29, 1.82) is 0 Å². The van der Waals surface area contributed by atoms with Crippen LogP contribution in [0.25, 0.3) is 0 Å². The van der Waals surface area contributed by atoms with E-state index >= 15 is 0 Å². The number of carbonyl (C=O) groups excluding carboxylic acids is 1. The molecule has 1 aromatic rings. The highest BCUT2D eigenvalue weighted by atomic mass is 16.4. The summed E-state index contributed by atoms with van der Waals surface area (Å²) in [4.78, 5) is 25.4. The first kappa shape index (κ1) is 15.1. The van der Waals surface area contributed by atoms with E-state index in [4.69, 9.17) is 5.11 Å². The number of carboxylic acid groups (broad SMARTS) is 1. The van der Waals surface area contributed by atoms with Crippen LogP contribution in [0.4, 0.5) is 0 Å². The fraction of sp³-hybridized carbons (Fsp3) is 0.556. The van der Waals surface area contributed by atoms with Crippen molar-refractivity contribution < 1.29 is 14.7 Å². The molecular formula is C18H23NO3. The lowest BCUT2D eigenvalue weighted by molar-refractivity contribution is -0.145. The van der Waals surface area contributed by atoms with Gasteiger partial charge in [0.25, 0.3) is 0 Å². The van der Waals surface area contributed by atoms with Crippen LogP contribution < -0.4 is 0 Å². The molecule has 0 radical (unpaired) electrons. The lowest BCUT2D eigenvalue weighted by Crippen LogP contribution is -2.43. The molecule has 118 valence electrons. The number of aliphatic carboxylic acids is 1. The fourth-order valence-electron chi connectivity index (χ4n) is 3.73. The summed E-state index contributed by atoms with van der Waals surface area (Å²) < 4.78 is 0. The van der Waals surface area contributed by atoms with Gasteiger partial charge in [-0.3, -0.25) is 9.59 Å². The van der Waals surface area contributed by atoms with Crippen LogP contribution in [0.5, 0.6) is 0 Å². The number of benzene rings is 1. The molecule has 1 aliphatic heterocycles. The standard InChI is InChI=1S/C18H23NO3/c20-17(19-9-3-6-16(12-19)18(21)22)11-13-7-8-14-4-1-2-5-15(14)10-13/h1-2,4-5,13,16H,3,6-12H2,(H,21,22)/t13-,16-/m0/s1. The molecule has 2 aliphatic rings. The molecule has 2 atom stereocenters. The van der Waals surface area contributed by atoms with Gasteiger partial charge in [-0.2, -0.15) is 0 Å². The van der Waals surface area contributed by atoms with E-state index in [9.17, 15) is 9.59 Å². The molecule has 0 spiro atoms. The van der Waals surface area contributed by atoms with E-state index in [0.29, 0.717) is 31.8 Å². The Morgan fingerprint density at radius 1 is 1.18 bits per heavy atom. The maximum atomic E-state index is 12.5. The Morgan fingerprint density at radius 2 is 1.95 bits per heavy atom. The van der Waals surface area contributed by atoms with Gasteiger partial charge in [-0.15, -0.1) is 0 Å². The minimum Gasteiger partial charge on any atom is -0.481 e. The molecule has 4 heteroatoms. The van der Waals surface area contributed by atoms with Gasteiger partial charge in [-0.05, 0) is 49.1 Å². The highest BCUT2D eigenvalue weighted by Crippen LogP contribution is 2.28. The van der Waals surface area contributed by atoms with Gasteiger partial charge in [-0.1, -0.05) is 24.3 Å². The van der Waals surface area contributed by atoms with Crippen molar-refractivity contribution in [3.05, 3.63) is 35.4 Å². The summed E-state index contributed by atoms with van der Waals surface area (Å²) in [5.41, 5.74) is 2.78. The van der Waals surface area contributed by atoms with Crippen molar-refractivity contribution in [2.24, 2.45) is 11.8 Å². The number of rotatable bonds is 3. The molecule has 0 bridgehead atoms. The van der Waals surface area contributed by atoms with Gasteiger partial charge in [0.05, 0.1) is 5.92 Å². The van der Waals surface area contributed by atoms with Gasteiger partial charge >= 0.3 is 5.97 Å². The predicted octanol–water partition coefficient (Wildman–Crippen LogP) is 2.50. The second kappa shape index (κ2) is 6.51. The SMILES string of the molecule is O=C(O)[C@H]1CCCN(C(=O)C[C@H]2CCc3ccccc3C2)C1. The number of piperidine rings is 1. The first-order chi connectivity index (χ1) is 10.6. The van der Waals surface area contributed by atoms with Gasteiger partial charge in [0, 0.05) is 19.5 Å². The van der Waals surface area contributed by atoms with Crippen LogP contribution in [0.15, 0.2) is 24.3 Å². The van der Waals surface area contributed by atoms with E-state index in [2.05, 4.69) is 24.3 Å². The van der Waals surface area contributed by atoms with Gasteiger partial charge in [0.2, 0.25) is 5.91 Å². The molecule has 1 heterocycles. The number of hydrogen-bond acceptors (Lipinski definition) is 2. The van der Waals surface area contributed by atoms with Crippen LogP contribution in [0.1, 0.15) is 36.8 Å². The third-order valence-electron chi connectivity index (χ3n) is 5.04. The first-order valence-electron chi connectivity index (χ1n) is 8.21. The smallest absolute Gasteiger partial charge is 0.308 e. The van der Waals surface area contributed by atoms with E-state index < -0.39 is 5.97 Å². The number of likely N-dealkylation sites (tertiary alicyclic amines) is 1. The number of hydrogen-bond donors (Lipinski definition) is 1. The average Bonchev–Trinajstić information content (AvgIpc) is 2.55. The Kier molecular flexibility index (Phi) is 4.46. The van der Waals surface area contributed by atoms with Crippen LogP contribution in [-0.2, 0) is 22.4 Å². The van der Waals surface area contributed by atoms with Crippen molar-refractivity contribution in [2.75, 3.05) is 13.1 Å². The van der Waals surface area contributed by atoms with E-state index in [1.165, 1.54) is 11.1 Å². The second-order valence-corrected chi connectivity index (χ2v) is 6.60. The molecule has 1 aromatic carbocycles. The molecule has 1 amide bonds. The number of carbonyl (C=O) groups is 2. The summed E-state index contributed by atoms with van der Waals surface area (Å²) in [5, 5.41) is 9.13. The number of carboxylic acids is 1. The summed E-state index contributed by atoms with van der Waals surface area (Å²) in [6.07, 6.45) is 5.12. The average molecular weight is 301 g/mol. The molecule has 4 nitrogen and oxygen atoms in total. The third-order valence-corrected chi connectivity index (χ3v) is 5.04. The lowest BCUT2D eigenvalue weighted by atomic mass is 9.82. The lowest BCUT2D eigenvalue weighted by Gasteiger charge is -2.32. The van der Waals surface area contributed by atoms with E-state index in [1.807, 2.05) is 0 Å². The number of aryl methyl sites for hydroxylation is 1. The maximum Gasteiger partial charge on any atom is 0.308 e. The normalized spacial score (nSPS) is 24.6. The molecule has 0 unspecified atom stereocenters. The molecular weight excluding hydrogens is 278 g/mol. The zero-order valence-corrected chi connectivity index (χ0v) is 12.8. The highest BCUT2D eigenvalue weighted by molar-refractivity contribution is 5.78. The summed E-state index contributed by atoms with van der Waals surface area (Å²) in [7, 11) is 0. The molecule has 3 rings (SSSR count). The van der Waals surface area contributed by atoms with E-state index in [1.54, 1.807) is 4.90 Å². The van der Waals surface area contributed by atoms with Crippen LogP contribution in [0, 0.1) is 11.8 Å². The summed E-state index contributed by atoms with van der Waals surface area (Å²) in [5.74, 6) is -0.628. The first-order valence-corrected chi connectivity index (χ1v) is 8.21. The van der Waals surface area contributed by atoms with Crippen molar-refractivity contribution in [1.82, 2.24) is 4.90 Å². The predicted molar refractivity (Wildman–Crippen MR) is 83.5 cm³/mol. The molecule has 1 fully saturated rings. The van der Waals surface area contributed by atoms with Gasteiger partial charge in [0.15, 0.2) is 0 Å². The number of fused-ring (bicyclic) bond motifs is 1. The Bertz CT molecular complexity index is 569. The van der Waals surface area contributed by atoms with Gasteiger partial charge in [-0.25, -0.2) is 0 Å². The molecule has 1 saturated heterocycles. The number of amides is 1. The fourth-order valence-corrected chi connectivity index (χ4v) is 3.73. The third kappa shape index (κ3) is 3.32. The van der Waals surface area contributed by atoms with Crippen molar-refractivity contribution in [3.8, 4) is 0 Å². The largest absolute Gasteiger partial charge is 0.481 e. The minimum atomic E-state index is -0.774. The molecule has 1 N–H and O–H groups in total. The molecule has 0 aromatic heterocycles. The van der Waals surface area contributed by atoms with Crippen LogP contribution >= 0.6 is 0 Å². The molecule has 0 saturated carbocycles. The zero-order valence-electron chi connectivity index (χ0n) is 12.8. The van der Waals surface area contributed by atoms with Gasteiger partial charge < -0.3 is 10.0 Å². The summed E-state index contributed by atoms with van der Waals surface area (Å²) in [6.45, 7) is 1.10. The van der Waals surface area contributed by atoms with Crippen LogP contribution in [0.3, 0.4) is 0 Å². The second-order valence-electron chi connectivity index (χ2n) is 6.60. The summed E-state index contributed by atoms with van der Waals surface area (Å²) in [6, 6.07) is 8.47. The zero-order chi connectivity index (χ0) is 15.5. The Hall–Kier alpha value is -1.84. The van der Waals surface area contributed by atoms with Crippen molar-refractivity contribution in [2.45, 2.75) is 38.5 Å². The maximum absolute atomic E-state index is 12.5. The van der Waals surface area contributed by atoms with Crippen molar-refractivity contribution >= 4 is 11.9 Å². The number of nitrogens with zero attached hydrogens (tertiary/aromatic N) is 1. The van der Waals surface area contributed by atoms with Crippen molar-refractivity contribution in [3.63, 3.8) is 0 Å². The van der Waals surface area contributed by atoms with E-state index in [0.717, 1.165) is 25.7 Å². The molecule has 22 heavy (non-hydrogen) atoms. The summed E-state index contributed by atoms with van der Waals surface area (Å²) >= 11 is 0. The van der Waals surface area contributed by atoms with Crippen LogP contribution in [-0.4, -0.2) is 35.0 Å².